The van der Waals surface area contributed by atoms with Gasteiger partial charge < -0.3 is 16.4 Å². The molecule has 19 heavy (non-hydrogen) atoms. The Bertz CT molecular complexity index is 551. The number of hydrogen-bond donors (Lipinski definition) is 4. The number of benzene rings is 1. The molecule has 0 radical (unpaired) electrons. The molecule has 0 unspecified atom stereocenters. The first-order chi connectivity index (χ1) is 9.20. The van der Waals surface area contributed by atoms with Crippen molar-refractivity contribution in [3.05, 3.63) is 35.9 Å². The highest BCUT2D eigenvalue weighted by Crippen LogP contribution is 2.19. The lowest BCUT2D eigenvalue weighted by Crippen LogP contribution is -2.20. The van der Waals surface area contributed by atoms with Gasteiger partial charge in [0.1, 0.15) is 12.2 Å². The molecule has 1 heterocycles. The van der Waals surface area contributed by atoms with Gasteiger partial charge in [0.05, 0.1) is 5.56 Å². The third kappa shape index (κ3) is 3.21. The van der Waals surface area contributed by atoms with Crippen molar-refractivity contribution >= 4 is 17.3 Å². The van der Waals surface area contributed by atoms with E-state index in [1.807, 2.05) is 0 Å². The molecule has 0 bridgehead atoms. The Hall–Kier alpha value is -2.57. The van der Waals surface area contributed by atoms with E-state index in [1.54, 1.807) is 25.2 Å². The summed E-state index contributed by atoms with van der Waals surface area (Å²) in [6.45, 7) is 0.628. The number of aromatic amines is 1. The van der Waals surface area contributed by atoms with Gasteiger partial charge in [-0.2, -0.15) is 5.10 Å². The number of rotatable bonds is 5. The van der Waals surface area contributed by atoms with Crippen LogP contribution >= 0.6 is 0 Å². The summed E-state index contributed by atoms with van der Waals surface area (Å²) in [5.41, 5.74) is 7.61. The van der Waals surface area contributed by atoms with Crippen LogP contribution in [0.2, 0.25) is 0 Å². The van der Waals surface area contributed by atoms with Gasteiger partial charge in [-0.25, -0.2) is 4.98 Å². The minimum atomic E-state index is -0.151. The second kappa shape index (κ2) is 5.85. The van der Waals surface area contributed by atoms with Crippen LogP contribution in [-0.2, 0) is 6.42 Å². The average Bonchev–Trinajstić information content (AvgIpc) is 2.91. The van der Waals surface area contributed by atoms with Crippen molar-refractivity contribution in [3.63, 3.8) is 0 Å². The molecule has 1 aromatic carbocycles. The Morgan fingerprint density at radius 3 is 3.00 bits per heavy atom. The lowest BCUT2D eigenvalue weighted by atomic mass is 10.1. The molecule has 1 aromatic heterocycles. The summed E-state index contributed by atoms with van der Waals surface area (Å²) in [6, 6.07) is 5.14. The van der Waals surface area contributed by atoms with Gasteiger partial charge in [0.2, 0.25) is 0 Å². The van der Waals surface area contributed by atoms with Gasteiger partial charge in [0.25, 0.3) is 5.91 Å². The van der Waals surface area contributed by atoms with Crippen molar-refractivity contribution in [2.24, 2.45) is 0 Å². The Labute approximate surface area is 110 Å². The topological polar surface area (TPSA) is 109 Å². The highest BCUT2D eigenvalue weighted by Gasteiger charge is 2.09. The third-order valence-corrected chi connectivity index (χ3v) is 2.66. The number of carbonyl (C=O) groups is 1. The zero-order chi connectivity index (χ0) is 13.7. The fourth-order valence-electron chi connectivity index (χ4n) is 1.71. The number of aromatic nitrogens is 3. The van der Waals surface area contributed by atoms with Gasteiger partial charge >= 0.3 is 0 Å². The minimum Gasteiger partial charge on any atom is -0.399 e. The van der Waals surface area contributed by atoms with E-state index >= 15 is 0 Å². The summed E-state index contributed by atoms with van der Waals surface area (Å²) in [6.07, 6.45) is 2.15. The van der Waals surface area contributed by atoms with Crippen LogP contribution in [0.15, 0.2) is 24.5 Å². The largest absolute Gasteiger partial charge is 0.399 e. The molecule has 0 fully saturated rings. The molecule has 2 aromatic rings. The number of carbonyl (C=O) groups excluding carboxylic acids is 1. The van der Waals surface area contributed by atoms with Crippen molar-refractivity contribution in [2.45, 2.75) is 6.42 Å². The molecular weight excluding hydrogens is 244 g/mol. The summed E-state index contributed by atoms with van der Waals surface area (Å²) >= 11 is 0. The number of nitrogens with zero attached hydrogens (tertiary/aromatic N) is 2. The molecule has 0 aliphatic heterocycles. The maximum atomic E-state index is 11.7. The van der Waals surface area contributed by atoms with Crippen molar-refractivity contribution in [2.75, 3.05) is 24.6 Å². The lowest BCUT2D eigenvalue weighted by molar-refractivity contribution is 0.0964. The third-order valence-electron chi connectivity index (χ3n) is 2.66. The van der Waals surface area contributed by atoms with E-state index in [9.17, 15) is 4.79 Å². The lowest BCUT2D eigenvalue weighted by Gasteiger charge is -2.11. The first kappa shape index (κ1) is 12.9. The molecule has 7 heteroatoms. The Balaban J connectivity index is 2.05. The zero-order valence-electron chi connectivity index (χ0n) is 10.6. The maximum Gasteiger partial charge on any atom is 0.253 e. The Kier molecular flexibility index (Phi) is 3.97. The smallest absolute Gasteiger partial charge is 0.253 e. The second-order valence-electron chi connectivity index (χ2n) is 3.99. The van der Waals surface area contributed by atoms with Crippen molar-refractivity contribution in [3.8, 4) is 0 Å². The fraction of sp³-hybridized carbons (Fsp3) is 0.250. The SMILES string of the molecule is CNC(=O)c1ccc(N)cc1NCCc1ncn[nH]1. The molecule has 0 spiro atoms. The molecule has 0 aliphatic rings. The van der Waals surface area contributed by atoms with Crippen LogP contribution in [0.4, 0.5) is 11.4 Å². The Morgan fingerprint density at radius 2 is 2.32 bits per heavy atom. The van der Waals surface area contributed by atoms with Crippen molar-refractivity contribution < 1.29 is 4.79 Å². The normalized spacial score (nSPS) is 10.2. The van der Waals surface area contributed by atoms with E-state index in [1.165, 1.54) is 6.33 Å². The van der Waals surface area contributed by atoms with E-state index in [-0.39, 0.29) is 5.91 Å². The van der Waals surface area contributed by atoms with Crippen LogP contribution in [0, 0.1) is 0 Å². The number of hydrogen-bond acceptors (Lipinski definition) is 5. The first-order valence-corrected chi connectivity index (χ1v) is 5.90. The van der Waals surface area contributed by atoms with Crippen LogP contribution in [0.5, 0.6) is 0 Å². The van der Waals surface area contributed by atoms with E-state index < -0.39 is 0 Å². The van der Waals surface area contributed by atoms with Crippen LogP contribution < -0.4 is 16.4 Å². The number of anilines is 2. The molecule has 0 atom stereocenters. The van der Waals surface area contributed by atoms with Crippen molar-refractivity contribution in [1.82, 2.24) is 20.5 Å². The molecule has 5 N–H and O–H groups in total. The number of H-pyrrole nitrogens is 1. The highest BCUT2D eigenvalue weighted by atomic mass is 16.1. The summed E-state index contributed by atoms with van der Waals surface area (Å²) in [5.74, 6) is 0.639. The van der Waals surface area contributed by atoms with Crippen LogP contribution in [-0.4, -0.2) is 34.7 Å². The predicted octanol–water partition coefficient (Wildman–Crippen LogP) is 0.401. The van der Waals surface area contributed by atoms with Gasteiger partial charge in [-0.3, -0.25) is 9.89 Å². The maximum absolute atomic E-state index is 11.7. The molecule has 7 nitrogen and oxygen atoms in total. The van der Waals surface area contributed by atoms with E-state index in [2.05, 4.69) is 25.8 Å². The van der Waals surface area contributed by atoms with Gasteiger partial charge in [0.15, 0.2) is 0 Å². The highest BCUT2D eigenvalue weighted by molar-refractivity contribution is 6.00. The van der Waals surface area contributed by atoms with Crippen LogP contribution in [0.25, 0.3) is 0 Å². The summed E-state index contributed by atoms with van der Waals surface area (Å²) in [4.78, 5) is 15.7. The van der Waals surface area contributed by atoms with Gasteiger partial charge in [-0.1, -0.05) is 0 Å². The van der Waals surface area contributed by atoms with Gasteiger partial charge in [-0.15, -0.1) is 0 Å². The molecule has 0 aliphatic carbocycles. The summed E-state index contributed by atoms with van der Waals surface area (Å²) in [7, 11) is 1.59. The van der Waals surface area contributed by atoms with Crippen LogP contribution in [0.3, 0.4) is 0 Å². The molecule has 2 rings (SSSR count). The number of nitrogens with two attached hydrogens (primary N) is 1. The summed E-state index contributed by atoms with van der Waals surface area (Å²) in [5, 5.41) is 12.3. The van der Waals surface area contributed by atoms with Gasteiger partial charge in [-0.05, 0) is 18.2 Å². The molecule has 0 saturated heterocycles. The van der Waals surface area contributed by atoms with Crippen molar-refractivity contribution in [1.29, 1.82) is 0 Å². The quantitative estimate of drug-likeness (QED) is 0.582. The summed E-state index contributed by atoms with van der Waals surface area (Å²) < 4.78 is 0. The average molecular weight is 260 g/mol. The molecule has 1 amide bonds. The Morgan fingerprint density at radius 1 is 1.47 bits per heavy atom. The second-order valence-corrected chi connectivity index (χ2v) is 3.99. The monoisotopic (exact) mass is 260 g/mol. The number of amides is 1. The van der Waals surface area contributed by atoms with Gasteiger partial charge in [0, 0.05) is 31.4 Å². The number of nitrogen functional groups attached to an aromatic ring is 1. The zero-order valence-corrected chi connectivity index (χ0v) is 10.6. The first-order valence-electron chi connectivity index (χ1n) is 5.90. The van der Waals surface area contributed by atoms with E-state index in [0.717, 1.165) is 5.82 Å². The van der Waals surface area contributed by atoms with E-state index in [4.69, 9.17) is 5.73 Å². The van der Waals surface area contributed by atoms with E-state index in [0.29, 0.717) is 29.9 Å². The molecule has 0 saturated carbocycles. The predicted molar refractivity (Wildman–Crippen MR) is 72.8 cm³/mol. The fourth-order valence-corrected chi connectivity index (χ4v) is 1.71. The molecular formula is C12H16N6O. The minimum absolute atomic E-state index is 0.151. The standard InChI is InChI=1S/C12H16N6O/c1-14-12(19)9-3-2-8(13)6-10(9)15-5-4-11-16-7-17-18-11/h2-3,6-7,15H,4-5,13H2,1H3,(H,14,19)(H,16,17,18). The van der Waals surface area contributed by atoms with Crippen LogP contribution in [0.1, 0.15) is 16.2 Å². The number of nitrogens with one attached hydrogen (secondary N) is 3. The molecule has 100 valence electrons.